The van der Waals surface area contributed by atoms with Crippen LogP contribution < -0.4 is 5.32 Å². The second kappa shape index (κ2) is 6.96. The molecule has 0 saturated carbocycles. The van der Waals surface area contributed by atoms with E-state index in [-0.39, 0.29) is 0 Å². The van der Waals surface area contributed by atoms with E-state index in [2.05, 4.69) is 5.32 Å². The number of hydrogen-bond acceptors (Lipinski definition) is 3. The van der Waals surface area contributed by atoms with E-state index >= 15 is 0 Å². The summed E-state index contributed by atoms with van der Waals surface area (Å²) in [6, 6.07) is 7.27. The van der Waals surface area contributed by atoms with Crippen LogP contribution in [-0.4, -0.2) is 29.3 Å². The van der Waals surface area contributed by atoms with E-state index in [1.165, 1.54) is 17.3 Å². The third-order valence-electron chi connectivity index (χ3n) is 2.24. The highest BCUT2D eigenvalue weighted by Gasteiger charge is 2.15. The highest BCUT2D eigenvalue weighted by molar-refractivity contribution is 7.98. The van der Waals surface area contributed by atoms with E-state index in [1.807, 2.05) is 31.2 Å². The second-order valence-electron chi connectivity index (χ2n) is 3.68. The molecule has 0 spiro atoms. The number of amides is 1. The van der Waals surface area contributed by atoms with Crippen LogP contribution in [0.2, 0.25) is 0 Å². The Bertz CT molecular complexity index is 378. The predicted molar refractivity (Wildman–Crippen MR) is 68.0 cm³/mol. The normalized spacial score (nSPS) is 11.8. The van der Waals surface area contributed by atoms with Crippen LogP contribution in [0.25, 0.3) is 0 Å². The summed E-state index contributed by atoms with van der Waals surface area (Å²) in [4.78, 5) is 20.9. The van der Waals surface area contributed by atoms with Crippen molar-refractivity contribution in [2.24, 2.45) is 0 Å². The van der Waals surface area contributed by atoms with E-state index in [4.69, 9.17) is 5.11 Å². The van der Waals surface area contributed by atoms with E-state index in [0.717, 1.165) is 11.3 Å². The molecule has 1 atom stereocenters. The molecule has 0 aliphatic rings. The Hall–Kier alpha value is -1.49. The summed E-state index contributed by atoms with van der Waals surface area (Å²) in [7, 11) is 0. The largest absolute Gasteiger partial charge is 0.480 e. The van der Waals surface area contributed by atoms with Gasteiger partial charge in [-0.1, -0.05) is 29.8 Å². The number of aryl methyl sites for hydroxylation is 1. The van der Waals surface area contributed by atoms with Crippen molar-refractivity contribution in [2.45, 2.75) is 18.7 Å². The monoisotopic (exact) mass is 253 g/mol. The Labute approximate surface area is 104 Å². The van der Waals surface area contributed by atoms with Crippen LogP contribution in [0.5, 0.6) is 0 Å². The number of thioether (sulfide) groups is 1. The van der Waals surface area contributed by atoms with Crippen molar-refractivity contribution in [1.29, 1.82) is 0 Å². The Morgan fingerprint density at radius 1 is 1.47 bits per heavy atom. The molecule has 0 saturated heterocycles. The zero-order chi connectivity index (χ0) is 12.7. The molecule has 0 heterocycles. The standard InChI is InChI=1S/C12H15NO3S/c1-9-2-4-10(5-3-9)6-17-7-11(12(15)16)13-8-14/h2-5,8,11H,6-7H2,1H3,(H,13,14)(H,15,16). The summed E-state index contributed by atoms with van der Waals surface area (Å²) in [5, 5.41) is 11.1. The van der Waals surface area contributed by atoms with Crippen LogP contribution in [0.4, 0.5) is 0 Å². The van der Waals surface area contributed by atoms with Gasteiger partial charge in [0.1, 0.15) is 6.04 Å². The molecule has 0 aliphatic carbocycles. The number of aliphatic carboxylic acids is 1. The van der Waals surface area contributed by atoms with Crippen LogP contribution in [0.3, 0.4) is 0 Å². The molecule has 1 amide bonds. The van der Waals surface area contributed by atoms with Crippen molar-refractivity contribution in [3.05, 3.63) is 35.4 Å². The Kier molecular flexibility index (Phi) is 5.56. The van der Waals surface area contributed by atoms with Gasteiger partial charge < -0.3 is 10.4 Å². The summed E-state index contributed by atoms with van der Waals surface area (Å²) < 4.78 is 0. The number of carbonyl (C=O) groups excluding carboxylic acids is 1. The molecule has 0 aliphatic heterocycles. The van der Waals surface area contributed by atoms with Crippen LogP contribution in [0, 0.1) is 6.92 Å². The van der Waals surface area contributed by atoms with Crippen molar-refractivity contribution >= 4 is 24.1 Å². The number of hydrogen-bond donors (Lipinski definition) is 2. The lowest BCUT2D eigenvalue weighted by Crippen LogP contribution is -2.37. The Morgan fingerprint density at radius 3 is 2.65 bits per heavy atom. The van der Waals surface area contributed by atoms with Crippen molar-refractivity contribution in [1.82, 2.24) is 5.32 Å². The van der Waals surface area contributed by atoms with Gasteiger partial charge >= 0.3 is 5.97 Å². The average Bonchev–Trinajstić information content (AvgIpc) is 2.30. The fourth-order valence-corrected chi connectivity index (χ4v) is 2.27. The molecule has 4 nitrogen and oxygen atoms in total. The van der Waals surface area contributed by atoms with Gasteiger partial charge in [0.25, 0.3) is 0 Å². The van der Waals surface area contributed by atoms with Crippen molar-refractivity contribution in [3.8, 4) is 0 Å². The predicted octanol–water partition coefficient (Wildman–Crippen LogP) is 1.43. The molecule has 0 aromatic heterocycles. The molecular weight excluding hydrogens is 238 g/mol. The Balaban J connectivity index is 2.37. The van der Waals surface area contributed by atoms with E-state index in [1.54, 1.807) is 0 Å². The minimum atomic E-state index is -1.01. The SMILES string of the molecule is Cc1ccc(CSCC(NC=O)C(=O)O)cc1. The molecule has 1 aromatic rings. The van der Waals surface area contributed by atoms with Gasteiger partial charge in [-0.05, 0) is 12.5 Å². The van der Waals surface area contributed by atoms with Gasteiger partial charge in [0.15, 0.2) is 0 Å². The highest BCUT2D eigenvalue weighted by Crippen LogP contribution is 2.13. The molecule has 2 N–H and O–H groups in total. The van der Waals surface area contributed by atoms with Crippen molar-refractivity contribution < 1.29 is 14.7 Å². The van der Waals surface area contributed by atoms with Gasteiger partial charge in [-0.3, -0.25) is 4.79 Å². The minimum absolute atomic E-state index is 0.363. The summed E-state index contributed by atoms with van der Waals surface area (Å²) in [6.07, 6.45) is 0.422. The van der Waals surface area contributed by atoms with Crippen LogP contribution in [0.15, 0.2) is 24.3 Å². The van der Waals surface area contributed by atoms with E-state index < -0.39 is 12.0 Å². The first-order valence-electron chi connectivity index (χ1n) is 5.19. The van der Waals surface area contributed by atoms with E-state index in [0.29, 0.717) is 12.2 Å². The number of carbonyl (C=O) groups is 2. The lowest BCUT2D eigenvalue weighted by Gasteiger charge is -2.10. The molecule has 17 heavy (non-hydrogen) atoms. The smallest absolute Gasteiger partial charge is 0.327 e. The van der Waals surface area contributed by atoms with Gasteiger partial charge in [-0.25, -0.2) is 4.79 Å². The summed E-state index contributed by atoms with van der Waals surface area (Å²) >= 11 is 1.49. The molecule has 92 valence electrons. The maximum Gasteiger partial charge on any atom is 0.327 e. The van der Waals surface area contributed by atoms with Crippen molar-refractivity contribution in [3.63, 3.8) is 0 Å². The van der Waals surface area contributed by atoms with Crippen LogP contribution in [-0.2, 0) is 15.3 Å². The fourth-order valence-electron chi connectivity index (χ4n) is 1.25. The number of rotatable bonds is 7. The molecule has 0 radical (unpaired) electrons. The number of carboxylic acid groups (broad SMARTS) is 1. The third-order valence-corrected chi connectivity index (χ3v) is 3.35. The lowest BCUT2D eigenvalue weighted by molar-refractivity contribution is -0.139. The molecule has 1 unspecified atom stereocenters. The van der Waals surface area contributed by atoms with Gasteiger partial charge in [0.05, 0.1) is 0 Å². The minimum Gasteiger partial charge on any atom is -0.480 e. The van der Waals surface area contributed by atoms with Gasteiger partial charge in [0, 0.05) is 11.5 Å². The number of carboxylic acids is 1. The first kappa shape index (κ1) is 13.6. The molecule has 1 rings (SSSR count). The van der Waals surface area contributed by atoms with E-state index in [9.17, 15) is 9.59 Å². The molecule has 5 heteroatoms. The zero-order valence-corrected chi connectivity index (χ0v) is 10.4. The third kappa shape index (κ3) is 4.91. The molecule has 1 aromatic carbocycles. The zero-order valence-electron chi connectivity index (χ0n) is 9.55. The second-order valence-corrected chi connectivity index (χ2v) is 4.71. The molecule has 0 fully saturated rings. The van der Waals surface area contributed by atoms with Crippen molar-refractivity contribution in [2.75, 3.05) is 5.75 Å². The topological polar surface area (TPSA) is 66.4 Å². The van der Waals surface area contributed by atoms with Gasteiger partial charge in [0.2, 0.25) is 6.41 Å². The average molecular weight is 253 g/mol. The number of benzene rings is 1. The van der Waals surface area contributed by atoms with Crippen LogP contribution in [0.1, 0.15) is 11.1 Å². The molecule has 0 bridgehead atoms. The van der Waals surface area contributed by atoms with Crippen LogP contribution >= 0.6 is 11.8 Å². The Morgan fingerprint density at radius 2 is 2.12 bits per heavy atom. The lowest BCUT2D eigenvalue weighted by atomic mass is 10.2. The molecular formula is C12H15NO3S. The summed E-state index contributed by atoms with van der Waals surface area (Å²) in [6.45, 7) is 2.02. The number of nitrogens with one attached hydrogen (secondary N) is 1. The summed E-state index contributed by atoms with van der Waals surface area (Å²) in [5.74, 6) is 0.0977. The van der Waals surface area contributed by atoms with Gasteiger partial charge in [-0.15, -0.1) is 0 Å². The quantitative estimate of drug-likeness (QED) is 0.721. The van der Waals surface area contributed by atoms with Gasteiger partial charge in [-0.2, -0.15) is 11.8 Å². The fraction of sp³-hybridized carbons (Fsp3) is 0.333. The summed E-state index contributed by atoms with van der Waals surface area (Å²) in [5.41, 5.74) is 2.35. The first-order chi connectivity index (χ1) is 8.13. The first-order valence-corrected chi connectivity index (χ1v) is 6.34. The highest BCUT2D eigenvalue weighted by atomic mass is 32.2. The maximum atomic E-state index is 10.7. The maximum absolute atomic E-state index is 10.7.